The van der Waals surface area contributed by atoms with Gasteiger partial charge < -0.3 is 0 Å². The summed E-state index contributed by atoms with van der Waals surface area (Å²) in [5.74, 6) is 0. The lowest BCUT2D eigenvalue weighted by atomic mass is 10.3. The van der Waals surface area contributed by atoms with Gasteiger partial charge in [-0.15, -0.1) is 0 Å². The normalized spacial score (nSPS) is 11.1. The molecule has 0 saturated heterocycles. The molecule has 0 bridgehead atoms. The number of hydrogen-bond donors (Lipinski definition) is 0. The summed E-state index contributed by atoms with van der Waals surface area (Å²) in [6.45, 7) is 4.05. The number of rotatable bonds is 2. The van der Waals surface area contributed by atoms with Gasteiger partial charge in [-0.2, -0.15) is 4.37 Å². The summed E-state index contributed by atoms with van der Waals surface area (Å²) in [6.07, 6.45) is 4.89. The van der Waals surface area contributed by atoms with E-state index >= 15 is 0 Å². The molecular weight excluding hydrogens is 262 g/mol. The zero-order valence-electron chi connectivity index (χ0n) is 10.5. The van der Waals surface area contributed by atoms with E-state index in [1.165, 1.54) is 22.4 Å². The quantitative estimate of drug-likeness (QED) is 0.703. The van der Waals surface area contributed by atoms with Crippen LogP contribution in [0.15, 0.2) is 23.5 Å². The van der Waals surface area contributed by atoms with Crippen LogP contribution in [0.4, 0.5) is 0 Å². The van der Waals surface area contributed by atoms with Crippen LogP contribution in [0, 0.1) is 13.8 Å². The van der Waals surface area contributed by atoms with Gasteiger partial charge in [-0.05, 0) is 25.4 Å². The van der Waals surface area contributed by atoms with E-state index in [4.69, 9.17) is 0 Å². The molecule has 96 valence electrons. The van der Waals surface area contributed by atoms with Gasteiger partial charge in [-0.3, -0.25) is 19.3 Å². The first-order chi connectivity index (χ1) is 9.15. The van der Waals surface area contributed by atoms with Gasteiger partial charge in [-0.25, -0.2) is 4.98 Å². The van der Waals surface area contributed by atoms with E-state index in [2.05, 4.69) is 19.3 Å². The van der Waals surface area contributed by atoms with E-state index in [1.807, 2.05) is 13.8 Å². The second kappa shape index (κ2) is 4.51. The van der Waals surface area contributed by atoms with Crippen molar-refractivity contribution < 1.29 is 0 Å². The van der Waals surface area contributed by atoms with Crippen LogP contribution in [0.2, 0.25) is 0 Å². The van der Waals surface area contributed by atoms with Crippen molar-refractivity contribution in [3.8, 4) is 0 Å². The van der Waals surface area contributed by atoms with Crippen LogP contribution >= 0.6 is 11.5 Å². The molecule has 0 spiro atoms. The Hall–Kier alpha value is -2.15. The van der Waals surface area contributed by atoms with Crippen molar-refractivity contribution in [3.05, 3.63) is 46.2 Å². The first-order valence-electron chi connectivity index (χ1n) is 5.74. The molecule has 0 saturated carbocycles. The summed E-state index contributed by atoms with van der Waals surface area (Å²) in [7, 11) is 0. The molecule has 0 fully saturated rings. The SMILES string of the molecule is Cc1cnc(Cn2cnc3snc(C)c3c2=O)cn1. The van der Waals surface area contributed by atoms with Crippen molar-refractivity contribution >= 4 is 21.7 Å². The van der Waals surface area contributed by atoms with Gasteiger partial charge in [0.25, 0.3) is 5.56 Å². The van der Waals surface area contributed by atoms with Crippen LogP contribution in [0.5, 0.6) is 0 Å². The topological polar surface area (TPSA) is 73.6 Å². The minimum Gasteiger partial charge on any atom is -0.292 e. The highest BCUT2D eigenvalue weighted by molar-refractivity contribution is 7.12. The third-order valence-electron chi connectivity index (χ3n) is 2.80. The molecule has 0 radical (unpaired) electrons. The maximum absolute atomic E-state index is 12.3. The summed E-state index contributed by atoms with van der Waals surface area (Å²) < 4.78 is 5.69. The lowest BCUT2D eigenvalue weighted by Gasteiger charge is -2.04. The maximum Gasteiger partial charge on any atom is 0.264 e. The fourth-order valence-electron chi connectivity index (χ4n) is 1.80. The van der Waals surface area contributed by atoms with Crippen LogP contribution in [0.3, 0.4) is 0 Å². The molecule has 3 aromatic heterocycles. The van der Waals surface area contributed by atoms with Crippen LogP contribution < -0.4 is 5.56 Å². The summed E-state index contributed by atoms with van der Waals surface area (Å²) in [6, 6.07) is 0. The van der Waals surface area contributed by atoms with Gasteiger partial charge in [0.2, 0.25) is 0 Å². The highest BCUT2D eigenvalue weighted by Crippen LogP contribution is 2.15. The second-order valence-corrected chi connectivity index (χ2v) is 5.03. The van der Waals surface area contributed by atoms with Crippen molar-refractivity contribution in [1.29, 1.82) is 0 Å². The molecule has 19 heavy (non-hydrogen) atoms. The lowest BCUT2D eigenvalue weighted by Crippen LogP contribution is -2.21. The third-order valence-corrected chi connectivity index (χ3v) is 3.65. The monoisotopic (exact) mass is 273 g/mol. The maximum atomic E-state index is 12.3. The molecule has 0 atom stereocenters. The van der Waals surface area contributed by atoms with Gasteiger partial charge in [0.05, 0.1) is 41.5 Å². The predicted molar refractivity (Wildman–Crippen MR) is 72.3 cm³/mol. The Morgan fingerprint density at radius 1 is 1.21 bits per heavy atom. The minimum atomic E-state index is -0.0846. The number of fused-ring (bicyclic) bond motifs is 1. The summed E-state index contributed by atoms with van der Waals surface area (Å²) in [4.78, 5) is 25.7. The minimum absolute atomic E-state index is 0.0846. The fourth-order valence-corrected chi connectivity index (χ4v) is 2.53. The molecule has 0 aromatic carbocycles. The van der Waals surface area contributed by atoms with Crippen molar-refractivity contribution in [2.75, 3.05) is 0 Å². The van der Waals surface area contributed by atoms with E-state index in [0.717, 1.165) is 17.1 Å². The van der Waals surface area contributed by atoms with Crippen molar-refractivity contribution in [2.24, 2.45) is 0 Å². The van der Waals surface area contributed by atoms with E-state index in [1.54, 1.807) is 12.4 Å². The number of aromatic nitrogens is 5. The number of hydrogen-bond acceptors (Lipinski definition) is 6. The van der Waals surface area contributed by atoms with Gasteiger partial charge >= 0.3 is 0 Å². The van der Waals surface area contributed by atoms with Crippen LogP contribution in [-0.4, -0.2) is 23.9 Å². The Balaban J connectivity index is 2.06. The average molecular weight is 273 g/mol. The predicted octanol–water partition coefficient (Wildman–Crippen LogP) is 1.31. The average Bonchev–Trinajstić information content (AvgIpc) is 2.78. The lowest BCUT2D eigenvalue weighted by molar-refractivity contribution is 0.724. The van der Waals surface area contributed by atoms with Crippen molar-refractivity contribution in [2.45, 2.75) is 20.4 Å². The summed E-state index contributed by atoms with van der Waals surface area (Å²) in [5, 5.41) is 0.590. The molecule has 3 heterocycles. The second-order valence-electron chi connectivity index (χ2n) is 4.27. The van der Waals surface area contributed by atoms with Gasteiger partial charge in [0, 0.05) is 6.20 Å². The number of nitrogens with zero attached hydrogens (tertiary/aromatic N) is 5. The van der Waals surface area contributed by atoms with Gasteiger partial charge in [0.15, 0.2) is 4.83 Å². The molecular formula is C12H11N5OS. The van der Waals surface area contributed by atoms with E-state index in [-0.39, 0.29) is 5.56 Å². The molecule has 0 aliphatic carbocycles. The third kappa shape index (κ3) is 2.12. The molecule has 0 amide bonds. The largest absolute Gasteiger partial charge is 0.292 e. The zero-order chi connectivity index (χ0) is 13.4. The molecule has 3 aromatic rings. The highest BCUT2D eigenvalue weighted by Gasteiger charge is 2.10. The molecule has 0 N–H and O–H groups in total. The standard InChI is InChI=1S/C12H11N5OS/c1-7-3-14-9(4-13-7)5-17-6-15-11-10(12(17)18)8(2)16-19-11/h3-4,6H,5H2,1-2H3. The Morgan fingerprint density at radius 2 is 2.05 bits per heavy atom. The van der Waals surface area contributed by atoms with Crippen LogP contribution in [-0.2, 0) is 6.54 Å². The fraction of sp³-hybridized carbons (Fsp3) is 0.250. The molecule has 0 aliphatic heterocycles. The highest BCUT2D eigenvalue weighted by atomic mass is 32.1. The molecule has 7 heteroatoms. The van der Waals surface area contributed by atoms with E-state index < -0.39 is 0 Å². The van der Waals surface area contributed by atoms with Crippen LogP contribution in [0.25, 0.3) is 10.2 Å². The van der Waals surface area contributed by atoms with Crippen molar-refractivity contribution in [1.82, 2.24) is 23.9 Å². The first-order valence-corrected chi connectivity index (χ1v) is 6.51. The Morgan fingerprint density at radius 3 is 2.79 bits per heavy atom. The zero-order valence-corrected chi connectivity index (χ0v) is 11.3. The van der Waals surface area contributed by atoms with Gasteiger partial charge in [0.1, 0.15) is 0 Å². The molecule has 0 aliphatic rings. The van der Waals surface area contributed by atoms with Crippen LogP contribution in [0.1, 0.15) is 17.1 Å². The summed E-state index contributed by atoms with van der Waals surface area (Å²) in [5.41, 5.74) is 2.22. The smallest absolute Gasteiger partial charge is 0.264 e. The van der Waals surface area contributed by atoms with E-state index in [9.17, 15) is 4.79 Å². The van der Waals surface area contributed by atoms with Gasteiger partial charge in [-0.1, -0.05) is 0 Å². The number of aryl methyl sites for hydroxylation is 2. The Bertz CT molecular complexity index is 790. The van der Waals surface area contributed by atoms with E-state index in [0.29, 0.717) is 16.8 Å². The molecule has 0 unspecified atom stereocenters. The Labute approximate surface area is 113 Å². The van der Waals surface area contributed by atoms with Crippen molar-refractivity contribution in [3.63, 3.8) is 0 Å². The first kappa shape index (κ1) is 11.9. The molecule has 3 rings (SSSR count). The molecule has 6 nitrogen and oxygen atoms in total. The Kier molecular flexibility index (Phi) is 2.83. The summed E-state index contributed by atoms with van der Waals surface area (Å²) >= 11 is 1.24.